The number of amides is 1. The summed E-state index contributed by atoms with van der Waals surface area (Å²) in [6, 6.07) is 17.9. The molecule has 0 radical (unpaired) electrons. The van der Waals surface area contributed by atoms with Crippen molar-refractivity contribution in [2.75, 3.05) is 0 Å². The highest BCUT2D eigenvalue weighted by Crippen LogP contribution is 2.11. The first-order valence-corrected chi connectivity index (χ1v) is 10.8. The Hall–Kier alpha value is -2.99. The fourth-order valence-electron chi connectivity index (χ4n) is 3.15. The number of hydroxylamine groups is 1. The van der Waals surface area contributed by atoms with Gasteiger partial charge in [-0.15, -0.1) is 0 Å². The van der Waals surface area contributed by atoms with E-state index in [2.05, 4.69) is 29.7 Å². The fourth-order valence-corrected chi connectivity index (χ4v) is 3.15. The monoisotopic (exact) mass is 424 g/mol. The third-order valence-electron chi connectivity index (χ3n) is 5.00. The molecule has 0 saturated carbocycles. The zero-order valence-electron chi connectivity index (χ0n) is 18.1. The zero-order valence-corrected chi connectivity index (χ0v) is 18.1. The molecule has 2 aromatic carbocycles. The second-order valence-electron chi connectivity index (χ2n) is 7.79. The molecule has 0 saturated heterocycles. The molecule has 2 rings (SSSR count). The number of nitrogens with one attached hydrogen (secondary N) is 1. The summed E-state index contributed by atoms with van der Waals surface area (Å²) in [5.41, 5.74) is 11.1. The third kappa shape index (κ3) is 10.0. The van der Waals surface area contributed by atoms with Crippen LogP contribution in [0, 0.1) is 0 Å². The Kier molecular flexibility index (Phi) is 10.4. The van der Waals surface area contributed by atoms with Gasteiger partial charge in [0, 0.05) is 12.8 Å². The lowest BCUT2D eigenvalue weighted by atomic mass is 10.0. The van der Waals surface area contributed by atoms with Crippen LogP contribution in [0.5, 0.6) is 0 Å². The van der Waals surface area contributed by atoms with Gasteiger partial charge in [0.15, 0.2) is 0 Å². The SMILES string of the molecule is C[C@H](N)C(=O)CCCC(=O)ONC(=O)Cc1ccc(CCCCc2ccccc2)cc1. The maximum Gasteiger partial charge on any atom is 0.332 e. The molecule has 0 spiro atoms. The lowest BCUT2D eigenvalue weighted by Gasteiger charge is -2.07. The number of rotatable bonds is 12. The summed E-state index contributed by atoms with van der Waals surface area (Å²) in [5, 5.41) is 0. The highest BCUT2D eigenvalue weighted by atomic mass is 16.7. The molecule has 0 aromatic heterocycles. The first kappa shape index (κ1) is 24.3. The lowest BCUT2D eigenvalue weighted by molar-refractivity contribution is -0.158. The average molecular weight is 425 g/mol. The molecule has 1 amide bonds. The van der Waals surface area contributed by atoms with Crippen molar-refractivity contribution in [3.8, 4) is 0 Å². The van der Waals surface area contributed by atoms with E-state index in [1.807, 2.05) is 30.3 Å². The Balaban J connectivity index is 1.61. The topological polar surface area (TPSA) is 98.5 Å². The summed E-state index contributed by atoms with van der Waals surface area (Å²) in [6.07, 6.45) is 5.09. The Morgan fingerprint density at radius 1 is 0.839 bits per heavy atom. The van der Waals surface area contributed by atoms with Crippen molar-refractivity contribution >= 4 is 17.7 Å². The first-order chi connectivity index (χ1) is 14.9. The van der Waals surface area contributed by atoms with Crippen LogP contribution in [0.15, 0.2) is 54.6 Å². The molecule has 2 aromatic rings. The van der Waals surface area contributed by atoms with E-state index in [1.54, 1.807) is 6.92 Å². The van der Waals surface area contributed by atoms with Gasteiger partial charge in [-0.3, -0.25) is 9.59 Å². The smallest absolute Gasteiger partial charge is 0.332 e. The first-order valence-electron chi connectivity index (χ1n) is 10.8. The summed E-state index contributed by atoms with van der Waals surface area (Å²) in [7, 11) is 0. The van der Waals surface area contributed by atoms with E-state index in [1.165, 1.54) is 11.1 Å². The number of benzene rings is 2. The highest BCUT2D eigenvalue weighted by Gasteiger charge is 2.11. The molecule has 0 aliphatic rings. The van der Waals surface area contributed by atoms with Gasteiger partial charge >= 0.3 is 5.97 Å². The summed E-state index contributed by atoms with van der Waals surface area (Å²) < 4.78 is 0. The molecule has 0 heterocycles. The molecule has 166 valence electrons. The van der Waals surface area contributed by atoms with Gasteiger partial charge in [0.1, 0.15) is 5.78 Å². The number of carbonyl (C=O) groups excluding carboxylic acids is 3. The summed E-state index contributed by atoms with van der Waals surface area (Å²) in [4.78, 5) is 39.8. The molecule has 31 heavy (non-hydrogen) atoms. The number of ketones is 1. The molecule has 3 N–H and O–H groups in total. The van der Waals surface area contributed by atoms with Gasteiger partial charge in [-0.25, -0.2) is 4.79 Å². The largest absolute Gasteiger partial charge is 0.341 e. The normalized spacial score (nSPS) is 11.5. The van der Waals surface area contributed by atoms with Gasteiger partial charge in [-0.1, -0.05) is 54.6 Å². The van der Waals surface area contributed by atoms with Crippen LogP contribution >= 0.6 is 0 Å². The van der Waals surface area contributed by atoms with Crippen LogP contribution in [-0.2, 0) is 38.5 Å². The molecule has 0 fully saturated rings. The van der Waals surface area contributed by atoms with E-state index in [4.69, 9.17) is 10.6 Å². The zero-order chi connectivity index (χ0) is 22.5. The van der Waals surface area contributed by atoms with E-state index >= 15 is 0 Å². The minimum atomic E-state index is -0.573. The predicted octanol–water partition coefficient (Wildman–Crippen LogP) is 3.46. The number of aryl methyl sites for hydroxylation is 2. The molecule has 0 unspecified atom stereocenters. The van der Waals surface area contributed by atoms with Gasteiger partial charge in [0.2, 0.25) is 0 Å². The summed E-state index contributed by atoms with van der Waals surface area (Å²) in [5.74, 6) is -1.07. The van der Waals surface area contributed by atoms with Crippen molar-refractivity contribution < 1.29 is 19.2 Å². The Morgan fingerprint density at radius 2 is 1.42 bits per heavy atom. The van der Waals surface area contributed by atoms with Crippen LogP contribution in [0.1, 0.15) is 55.7 Å². The van der Waals surface area contributed by atoms with Gasteiger partial charge in [0.05, 0.1) is 12.5 Å². The van der Waals surface area contributed by atoms with Crippen molar-refractivity contribution in [3.63, 3.8) is 0 Å². The van der Waals surface area contributed by atoms with Crippen molar-refractivity contribution in [3.05, 3.63) is 71.3 Å². The van der Waals surface area contributed by atoms with Crippen LogP contribution in [0.2, 0.25) is 0 Å². The number of hydrogen-bond acceptors (Lipinski definition) is 5. The minimum Gasteiger partial charge on any atom is -0.341 e. The van der Waals surface area contributed by atoms with Gasteiger partial charge in [-0.05, 0) is 55.7 Å². The van der Waals surface area contributed by atoms with Crippen LogP contribution in [-0.4, -0.2) is 23.7 Å². The minimum absolute atomic E-state index is 0.0533. The number of hydrogen-bond donors (Lipinski definition) is 2. The molecule has 0 bridgehead atoms. The quantitative estimate of drug-likeness (QED) is 0.402. The number of Topliss-reactive ketones (excluding diaryl/α,β-unsaturated/α-hetero) is 1. The van der Waals surface area contributed by atoms with Crippen molar-refractivity contribution in [2.24, 2.45) is 5.73 Å². The van der Waals surface area contributed by atoms with Gasteiger partial charge in [0.25, 0.3) is 5.91 Å². The molecular formula is C25H32N2O4. The van der Waals surface area contributed by atoms with Crippen LogP contribution < -0.4 is 11.2 Å². The summed E-state index contributed by atoms with van der Waals surface area (Å²) >= 11 is 0. The van der Waals surface area contributed by atoms with Crippen LogP contribution in [0.3, 0.4) is 0 Å². The molecule has 6 heteroatoms. The fraction of sp³-hybridized carbons (Fsp3) is 0.400. The standard InChI is InChI=1S/C25H32N2O4/c1-19(26)23(28)12-7-13-25(30)31-27-24(29)18-22-16-14-21(15-17-22)11-6-5-10-20-8-3-2-4-9-20/h2-4,8-9,14-17,19H,5-7,10-13,18,26H2,1H3,(H,27,29)/t19-/m0/s1. The maximum atomic E-state index is 12.0. The third-order valence-corrected chi connectivity index (χ3v) is 5.00. The Bertz CT molecular complexity index is 832. The molecular weight excluding hydrogens is 392 g/mol. The van der Waals surface area contributed by atoms with Gasteiger partial charge < -0.3 is 10.6 Å². The van der Waals surface area contributed by atoms with Crippen LogP contribution in [0.25, 0.3) is 0 Å². The van der Waals surface area contributed by atoms with Crippen molar-refractivity contribution in [2.45, 2.75) is 64.3 Å². The Labute approximate surface area is 184 Å². The van der Waals surface area contributed by atoms with Crippen LogP contribution in [0.4, 0.5) is 0 Å². The predicted molar refractivity (Wildman–Crippen MR) is 120 cm³/mol. The maximum absolute atomic E-state index is 12.0. The van der Waals surface area contributed by atoms with Gasteiger partial charge in [-0.2, -0.15) is 5.48 Å². The second-order valence-corrected chi connectivity index (χ2v) is 7.79. The van der Waals surface area contributed by atoms with Crippen molar-refractivity contribution in [1.82, 2.24) is 5.48 Å². The number of nitrogens with two attached hydrogens (primary N) is 1. The highest BCUT2D eigenvalue weighted by molar-refractivity contribution is 5.84. The van der Waals surface area contributed by atoms with E-state index < -0.39 is 17.9 Å². The van der Waals surface area contributed by atoms with Crippen molar-refractivity contribution in [1.29, 1.82) is 0 Å². The lowest BCUT2D eigenvalue weighted by Crippen LogP contribution is -2.29. The molecule has 0 aliphatic carbocycles. The van der Waals surface area contributed by atoms with E-state index in [-0.39, 0.29) is 25.0 Å². The molecule has 0 aliphatic heterocycles. The Morgan fingerprint density at radius 3 is 2.03 bits per heavy atom. The van der Waals surface area contributed by atoms with E-state index in [0.717, 1.165) is 31.2 Å². The average Bonchev–Trinajstić information content (AvgIpc) is 2.77. The molecule has 1 atom stereocenters. The number of unbranched alkanes of at least 4 members (excludes halogenated alkanes) is 1. The second kappa shape index (κ2) is 13.3. The molecule has 6 nitrogen and oxygen atoms in total. The van der Waals surface area contributed by atoms with E-state index in [9.17, 15) is 14.4 Å². The summed E-state index contributed by atoms with van der Waals surface area (Å²) in [6.45, 7) is 1.61. The van der Waals surface area contributed by atoms with E-state index in [0.29, 0.717) is 6.42 Å². The number of carbonyl (C=O) groups is 3.